The number of hydrogen-bond donors (Lipinski definition) is 0. The summed E-state index contributed by atoms with van der Waals surface area (Å²) in [5.74, 6) is 0. The molecular formula is C8H10ClNO2. The van der Waals surface area contributed by atoms with Crippen molar-refractivity contribution in [1.29, 1.82) is 0 Å². The van der Waals surface area contributed by atoms with Gasteiger partial charge in [0.05, 0.1) is 6.61 Å². The summed E-state index contributed by atoms with van der Waals surface area (Å²) in [6.45, 7) is 0.881. The zero-order chi connectivity index (χ0) is 7.94. The van der Waals surface area contributed by atoms with Crippen molar-refractivity contribution in [3.05, 3.63) is 30.1 Å². The molecule has 66 valence electrons. The summed E-state index contributed by atoms with van der Waals surface area (Å²) in [5, 5.41) is 0. The maximum atomic E-state index is 9.76. The van der Waals surface area contributed by atoms with Gasteiger partial charge in [-0.15, -0.1) is 12.4 Å². The van der Waals surface area contributed by atoms with Crippen LogP contribution >= 0.6 is 12.4 Å². The first-order valence-electron chi connectivity index (χ1n) is 3.37. The van der Waals surface area contributed by atoms with Crippen LogP contribution in [0.4, 0.5) is 0 Å². The van der Waals surface area contributed by atoms with Gasteiger partial charge in [0.1, 0.15) is 0 Å². The van der Waals surface area contributed by atoms with Crippen molar-refractivity contribution in [3.63, 3.8) is 0 Å². The molecule has 4 heteroatoms. The minimum absolute atomic E-state index is 0. The zero-order valence-electron chi connectivity index (χ0n) is 6.47. The molecule has 1 aromatic heterocycles. The molecule has 0 saturated heterocycles. The van der Waals surface area contributed by atoms with Gasteiger partial charge >= 0.3 is 0 Å². The summed E-state index contributed by atoms with van der Waals surface area (Å²) in [4.78, 5) is 13.7. The summed E-state index contributed by atoms with van der Waals surface area (Å²) in [6, 6.07) is 3.80. The number of nitrogens with zero attached hydrogens (tertiary/aromatic N) is 1. The second-order valence-electron chi connectivity index (χ2n) is 2.08. The molecule has 0 aliphatic carbocycles. The third-order valence-corrected chi connectivity index (χ3v) is 1.30. The molecular weight excluding hydrogens is 178 g/mol. The van der Waals surface area contributed by atoms with E-state index in [-0.39, 0.29) is 12.4 Å². The Hall–Kier alpha value is -1.09. The zero-order valence-corrected chi connectivity index (χ0v) is 7.29. The SMILES string of the molecule is Cl.O=COCCc1cccnc1. The number of halogens is 1. The monoisotopic (exact) mass is 187 g/mol. The fourth-order valence-electron chi connectivity index (χ4n) is 0.771. The highest BCUT2D eigenvalue weighted by Gasteiger charge is 1.90. The quantitative estimate of drug-likeness (QED) is 0.526. The van der Waals surface area contributed by atoms with Crippen LogP contribution in [0.1, 0.15) is 5.56 Å². The summed E-state index contributed by atoms with van der Waals surface area (Å²) in [6.07, 6.45) is 4.20. The molecule has 0 radical (unpaired) electrons. The minimum Gasteiger partial charge on any atom is -0.468 e. The number of aromatic nitrogens is 1. The predicted octanol–water partition coefficient (Wildman–Crippen LogP) is 1.22. The molecule has 3 nitrogen and oxygen atoms in total. The molecule has 1 heterocycles. The molecule has 0 aromatic carbocycles. The summed E-state index contributed by atoms with van der Waals surface area (Å²) < 4.78 is 4.53. The Morgan fingerprint density at radius 2 is 2.42 bits per heavy atom. The Morgan fingerprint density at radius 3 is 3.00 bits per heavy atom. The molecule has 0 N–H and O–H groups in total. The highest BCUT2D eigenvalue weighted by Crippen LogP contribution is 1.95. The van der Waals surface area contributed by atoms with Gasteiger partial charge in [-0.05, 0) is 11.6 Å². The lowest BCUT2D eigenvalue weighted by molar-refractivity contribution is -0.128. The van der Waals surface area contributed by atoms with Gasteiger partial charge in [-0.1, -0.05) is 6.07 Å². The van der Waals surface area contributed by atoms with Crippen molar-refractivity contribution in [2.75, 3.05) is 6.61 Å². The Labute approximate surface area is 77.2 Å². The first-order valence-corrected chi connectivity index (χ1v) is 3.37. The maximum Gasteiger partial charge on any atom is 0.293 e. The molecule has 0 unspecified atom stereocenters. The largest absolute Gasteiger partial charge is 0.468 e. The van der Waals surface area contributed by atoms with E-state index in [9.17, 15) is 4.79 Å². The van der Waals surface area contributed by atoms with Crippen molar-refractivity contribution in [2.45, 2.75) is 6.42 Å². The number of rotatable bonds is 4. The second kappa shape index (κ2) is 6.61. The van der Waals surface area contributed by atoms with E-state index in [2.05, 4.69) is 9.72 Å². The van der Waals surface area contributed by atoms with E-state index in [1.807, 2.05) is 12.1 Å². The lowest BCUT2D eigenvalue weighted by Gasteiger charge is -1.97. The van der Waals surface area contributed by atoms with E-state index in [1.165, 1.54) is 0 Å². The van der Waals surface area contributed by atoms with Crippen LogP contribution in [-0.2, 0) is 16.0 Å². The van der Waals surface area contributed by atoms with Crippen molar-refractivity contribution < 1.29 is 9.53 Å². The molecule has 0 aliphatic heterocycles. The van der Waals surface area contributed by atoms with Crippen LogP contribution in [0.2, 0.25) is 0 Å². The third-order valence-electron chi connectivity index (χ3n) is 1.30. The first kappa shape index (κ1) is 10.9. The third kappa shape index (κ3) is 3.93. The van der Waals surface area contributed by atoms with Gasteiger partial charge in [-0.2, -0.15) is 0 Å². The molecule has 0 fully saturated rings. The molecule has 0 atom stereocenters. The van der Waals surface area contributed by atoms with Crippen molar-refractivity contribution in [2.24, 2.45) is 0 Å². The first-order chi connectivity index (χ1) is 5.43. The van der Waals surface area contributed by atoms with E-state index in [4.69, 9.17) is 0 Å². The van der Waals surface area contributed by atoms with Gasteiger partial charge in [0.25, 0.3) is 6.47 Å². The smallest absolute Gasteiger partial charge is 0.293 e. The van der Waals surface area contributed by atoms with Crippen LogP contribution in [0.5, 0.6) is 0 Å². The number of ether oxygens (including phenoxy) is 1. The second-order valence-corrected chi connectivity index (χ2v) is 2.08. The maximum absolute atomic E-state index is 9.76. The van der Waals surface area contributed by atoms with Crippen LogP contribution in [-0.4, -0.2) is 18.1 Å². The van der Waals surface area contributed by atoms with Gasteiger partial charge in [0.2, 0.25) is 0 Å². The van der Waals surface area contributed by atoms with Gasteiger partial charge in [0.15, 0.2) is 0 Å². The Balaban J connectivity index is 0.00000121. The highest BCUT2D eigenvalue weighted by molar-refractivity contribution is 5.85. The Kier molecular flexibility index (Phi) is 6.01. The average molecular weight is 188 g/mol. The lowest BCUT2D eigenvalue weighted by atomic mass is 10.2. The van der Waals surface area contributed by atoms with E-state index in [0.29, 0.717) is 13.1 Å². The van der Waals surface area contributed by atoms with E-state index >= 15 is 0 Å². The molecule has 0 bridgehead atoms. The number of carbonyl (C=O) groups is 1. The van der Waals surface area contributed by atoms with Crippen molar-refractivity contribution in [1.82, 2.24) is 4.98 Å². The fraction of sp³-hybridized carbons (Fsp3) is 0.250. The van der Waals surface area contributed by atoms with E-state index in [0.717, 1.165) is 12.0 Å². The molecule has 0 saturated carbocycles. The molecule has 1 aromatic rings. The summed E-state index contributed by atoms with van der Waals surface area (Å²) >= 11 is 0. The van der Waals surface area contributed by atoms with Gasteiger partial charge < -0.3 is 4.74 Å². The van der Waals surface area contributed by atoms with E-state index < -0.39 is 0 Å². The van der Waals surface area contributed by atoms with Crippen LogP contribution in [0.15, 0.2) is 24.5 Å². The number of hydrogen-bond acceptors (Lipinski definition) is 3. The van der Waals surface area contributed by atoms with E-state index in [1.54, 1.807) is 12.4 Å². The minimum atomic E-state index is 0. The molecule has 0 spiro atoms. The standard InChI is InChI=1S/C8H9NO2.ClH/c10-7-11-5-3-8-2-1-4-9-6-8;/h1-2,4,6-7H,3,5H2;1H. The number of pyridine rings is 1. The van der Waals surface area contributed by atoms with Crippen LogP contribution in [0, 0.1) is 0 Å². The normalized spacial score (nSPS) is 8.33. The summed E-state index contributed by atoms with van der Waals surface area (Å²) in [5.41, 5.74) is 1.08. The van der Waals surface area contributed by atoms with Gasteiger partial charge in [-0.25, -0.2) is 0 Å². The van der Waals surface area contributed by atoms with Gasteiger partial charge in [-0.3, -0.25) is 9.78 Å². The molecule has 0 amide bonds. The Bertz CT molecular complexity index is 216. The highest BCUT2D eigenvalue weighted by atomic mass is 35.5. The number of carbonyl (C=O) groups excluding carboxylic acids is 1. The average Bonchev–Trinajstić information content (AvgIpc) is 2.07. The van der Waals surface area contributed by atoms with Crippen LogP contribution < -0.4 is 0 Å². The predicted molar refractivity (Wildman–Crippen MR) is 47.2 cm³/mol. The fourth-order valence-corrected chi connectivity index (χ4v) is 0.771. The molecule has 12 heavy (non-hydrogen) atoms. The van der Waals surface area contributed by atoms with Crippen molar-refractivity contribution in [3.8, 4) is 0 Å². The van der Waals surface area contributed by atoms with Gasteiger partial charge in [0, 0.05) is 18.8 Å². The molecule has 1 rings (SSSR count). The topological polar surface area (TPSA) is 39.2 Å². The van der Waals surface area contributed by atoms with Crippen molar-refractivity contribution >= 4 is 18.9 Å². The lowest BCUT2D eigenvalue weighted by Crippen LogP contribution is -1.96. The Morgan fingerprint density at radius 1 is 1.58 bits per heavy atom. The van der Waals surface area contributed by atoms with Crippen LogP contribution in [0.3, 0.4) is 0 Å². The molecule has 0 aliphatic rings. The van der Waals surface area contributed by atoms with Crippen LogP contribution in [0.25, 0.3) is 0 Å². The summed E-state index contributed by atoms with van der Waals surface area (Å²) in [7, 11) is 0.